The molecule has 0 spiro atoms. The van der Waals surface area contributed by atoms with Gasteiger partial charge in [0.2, 0.25) is 0 Å². The summed E-state index contributed by atoms with van der Waals surface area (Å²) in [4.78, 5) is 21.1. The molecule has 0 radical (unpaired) electrons. The molecule has 0 aliphatic rings. The van der Waals surface area contributed by atoms with Crippen molar-refractivity contribution in [3.05, 3.63) is 41.1 Å². The van der Waals surface area contributed by atoms with Crippen LogP contribution in [-0.2, 0) is 0 Å². The van der Waals surface area contributed by atoms with Gasteiger partial charge in [0.05, 0.1) is 6.61 Å². The number of aromatic nitrogens is 3. The van der Waals surface area contributed by atoms with Gasteiger partial charge in [0.15, 0.2) is 0 Å². The summed E-state index contributed by atoms with van der Waals surface area (Å²) >= 11 is 0. The van der Waals surface area contributed by atoms with E-state index >= 15 is 0 Å². The Labute approximate surface area is 98.5 Å². The van der Waals surface area contributed by atoms with Crippen LogP contribution in [0.15, 0.2) is 35.4 Å². The smallest absolute Gasteiger partial charge is 0.348 e. The fourth-order valence-electron chi connectivity index (χ4n) is 1.38. The highest BCUT2D eigenvalue weighted by atomic mass is 16.5. The van der Waals surface area contributed by atoms with Crippen LogP contribution in [0.1, 0.15) is 13.3 Å². The van der Waals surface area contributed by atoms with Gasteiger partial charge in [-0.25, -0.2) is 9.78 Å². The molecule has 0 saturated carbocycles. The molecular weight excluding hydrogens is 218 g/mol. The zero-order valence-electron chi connectivity index (χ0n) is 9.51. The first kappa shape index (κ1) is 11.3. The maximum atomic E-state index is 11.0. The molecule has 5 nitrogen and oxygen atoms in total. The third kappa shape index (κ3) is 2.90. The van der Waals surface area contributed by atoms with E-state index in [-0.39, 0.29) is 0 Å². The quantitative estimate of drug-likeness (QED) is 0.868. The third-order valence-electron chi connectivity index (χ3n) is 2.19. The SMILES string of the molecule is CCCOc1ccc(-c2ncnc(=O)[nH]2)cc1. The van der Waals surface area contributed by atoms with Crippen LogP contribution in [0, 0.1) is 0 Å². The summed E-state index contributed by atoms with van der Waals surface area (Å²) in [5.74, 6) is 1.32. The van der Waals surface area contributed by atoms with Crippen molar-refractivity contribution in [1.82, 2.24) is 15.0 Å². The van der Waals surface area contributed by atoms with Crippen LogP contribution in [-0.4, -0.2) is 21.6 Å². The molecule has 0 bridgehead atoms. The molecule has 0 atom stereocenters. The Morgan fingerprint density at radius 3 is 2.65 bits per heavy atom. The highest BCUT2D eigenvalue weighted by Crippen LogP contribution is 2.18. The van der Waals surface area contributed by atoms with Crippen LogP contribution in [0.5, 0.6) is 5.75 Å². The Morgan fingerprint density at radius 2 is 2.00 bits per heavy atom. The number of rotatable bonds is 4. The molecule has 1 N–H and O–H groups in total. The molecular formula is C12H13N3O2. The minimum atomic E-state index is -0.402. The Bertz CT molecular complexity index is 534. The van der Waals surface area contributed by atoms with Crippen molar-refractivity contribution in [3.8, 4) is 17.1 Å². The summed E-state index contributed by atoms with van der Waals surface area (Å²) < 4.78 is 5.47. The third-order valence-corrected chi connectivity index (χ3v) is 2.19. The first-order valence-electron chi connectivity index (χ1n) is 5.44. The number of benzene rings is 1. The number of hydrogen-bond donors (Lipinski definition) is 1. The van der Waals surface area contributed by atoms with Gasteiger partial charge in [0, 0.05) is 5.56 Å². The summed E-state index contributed by atoms with van der Waals surface area (Å²) in [6, 6.07) is 7.41. The largest absolute Gasteiger partial charge is 0.494 e. The van der Waals surface area contributed by atoms with E-state index in [1.165, 1.54) is 6.33 Å². The molecule has 0 saturated heterocycles. The lowest BCUT2D eigenvalue weighted by molar-refractivity contribution is 0.317. The van der Waals surface area contributed by atoms with Crippen LogP contribution in [0.3, 0.4) is 0 Å². The fraction of sp³-hybridized carbons (Fsp3) is 0.250. The van der Waals surface area contributed by atoms with Crippen molar-refractivity contribution in [2.24, 2.45) is 0 Å². The van der Waals surface area contributed by atoms with Crippen molar-refractivity contribution >= 4 is 0 Å². The molecule has 0 aliphatic heterocycles. The number of nitrogens with zero attached hydrogens (tertiary/aromatic N) is 2. The first-order valence-corrected chi connectivity index (χ1v) is 5.44. The van der Waals surface area contributed by atoms with Gasteiger partial charge in [-0.15, -0.1) is 0 Å². The summed E-state index contributed by atoms with van der Waals surface area (Å²) in [7, 11) is 0. The predicted octanol–water partition coefficient (Wildman–Crippen LogP) is 1.62. The van der Waals surface area contributed by atoms with Crippen LogP contribution >= 0.6 is 0 Å². The highest BCUT2D eigenvalue weighted by molar-refractivity contribution is 5.55. The van der Waals surface area contributed by atoms with E-state index in [2.05, 4.69) is 21.9 Å². The minimum absolute atomic E-state index is 0.402. The van der Waals surface area contributed by atoms with Crippen LogP contribution in [0.25, 0.3) is 11.4 Å². The van der Waals surface area contributed by atoms with Crippen LogP contribution in [0.4, 0.5) is 0 Å². The number of nitrogens with one attached hydrogen (secondary N) is 1. The summed E-state index contributed by atoms with van der Waals surface area (Å²) in [6.45, 7) is 2.75. The molecule has 2 aromatic rings. The van der Waals surface area contributed by atoms with Crippen molar-refractivity contribution in [1.29, 1.82) is 0 Å². The van der Waals surface area contributed by atoms with Gasteiger partial charge in [-0.1, -0.05) is 6.92 Å². The van der Waals surface area contributed by atoms with E-state index in [1.54, 1.807) is 0 Å². The molecule has 88 valence electrons. The van der Waals surface area contributed by atoms with E-state index in [4.69, 9.17) is 4.74 Å². The Kier molecular flexibility index (Phi) is 3.49. The molecule has 1 aromatic heterocycles. The minimum Gasteiger partial charge on any atom is -0.494 e. The number of ether oxygens (including phenoxy) is 1. The summed E-state index contributed by atoms with van der Waals surface area (Å²) in [5, 5.41) is 0. The van der Waals surface area contributed by atoms with E-state index in [9.17, 15) is 4.79 Å². The van der Waals surface area contributed by atoms with Crippen LogP contribution in [0.2, 0.25) is 0 Å². The second-order valence-electron chi connectivity index (χ2n) is 3.53. The van der Waals surface area contributed by atoms with Crippen molar-refractivity contribution in [3.63, 3.8) is 0 Å². The molecule has 0 amide bonds. The maximum absolute atomic E-state index is 11.0. The summed E-state index contributed by atoms with van der Waals surface area (Å²) in [6.07, 6.45) is 2.22. The van der Waals surface area contributed by atoms with E-state index < -0.39 is 5.69 Å². The lowest BCUT2D eigenvalue weighted by Gasteiger charge is -2.05. The second-order valence-corrected chi connectivity index (χ2v) is 3.53. The van der Waals surface area contributed by atoms with Gasteiger partial charge in [-0.3, -0.25) is 4.98 Å². The van der Waals surface area contributed by atoms with Crippen molar-refractivity contribution < 1.29 is 4.74 Å². The van der Waals surface area contributed by atoms with Crippen molar-refractivity contribution in [2.75, 3.05) is 6.61 Å². The standard InChI is InChI=1S/C12H13N3O2/c1-2-7-17-10-5-3-9(4-6-10)11-13-8-14-12(16)15-11/h3-6,8H,2,7H2,1H3,(H,13,14,15,16). The Balaban J connectivity index is 2.20. The molecule has 1 heterocycles. The lowest BCUT2D eigenvalue weighted by Crippen LogP contribution is -2.11. The Morgan fingerprint density at radius 1 is 1.24 bits per heavy atom. The molecule has 0 fully saturated rings. The van der Waals surface area contributed by atoms with E-state index in [1.807, 2.05) is 24.3 Å². The average molecular weight is 231 g/mol. The molecule has 1 aromatic carbocycles. The second kappa shape index (κ2) is 5.25. The van der Waals surface area contributed by atoms with Gasteiger partial charge in [-0.2, -0.15) is 4.98 Å². The van der Waals surface area contributed by atoms with E-state index in [0.717, 1.165) is 17.7 Å². The van der Waals surface area contributed by atoms with E-state index in [0.29, 0.717) is 12.4 Å². The zero-order valence-corrected chi connectivity index (χ0v) is 9.51. The number of hydrogen-bond acceptors (Lipinski definition) is 4. The molecule has 5 heteroatoms. The average Bonchev–Trinajstić information content (AvgIpc) is 2.37. The monoisotopic (exact) mass is 231 g/mol. The fourth-order valence-corrected chi connectivity index (χ4v) is 1.38. The number of H-pyrrole nitrogens is 1. The lowest BCUT2D eigenvalue weighted by atomic mass is 10.2. The molecule has 0 aliphatic carbocycles. The maximum Gasteiger partial charge on any atom is 0.348 e. The molecule has 0 unspecified atom stereocenters. The predicted molar refractivity (Wildman–Crippen MR) is 63.9 cm³/mol. The topological polar surface area (TPSA) is 67.9 Å². The highest BCUT2D eigenvalue weighted by Gasteiger charge is 2.00. The van der Waals surface area contributed by atoms with Gasteiger partial charge in [0.1, 0.15) is 17.9 Å². The van der Waals surface area contributed by atoms with Gasteiger partial charge < -0.3 is 4.74 Å². The first-order chi connectivity index (χ1) is 8.29. The normalized spacial score (nSPS) is 10.2. The number of aromatic amines is 1. The van der Waals surface area contributed by atoms with Crippen LogP contribution < -0.4 is 10.4 Å². The molecule has 17 heavy (non-hydrogen) atoms. The zero-order chi connectivity index (χ0) is 12.1. The molecule has 2 rings (SSSR count). The van der Waals surface area contributed by atoms with Gasteiger partial charge in [0.25, 0.3) is 0 Å². The Hall–Kier alpha value is -2.17. The van der Waals surface area contributed by atoms with Gasteiger partial charge in [-0.05, 0) is 30.7 Å². The summed E-state index contributed by atoms with van der Waals surface area (Å²) in [5.41, 5.74) is 0.426. The van der Waals surface area contributed by atoms with Crippen molar-refractivity contribution in [2.45, 2.75) is 13.3 Å². The van der Waals surface area contributed by atoms with Gasteiger partial charge >= 0.3 is 5.69 Å².